The Labute approximate surface area is 193 Å². The Balaban J connectivity index is 1.18. The highest BCUT2D eigenvalue weighted by atomic mass is 16.4. The number of likely N-dealkylation sites (tertiary alicyclic amines) is 1. The van der Waals surface area contributed by atoms with Crippen molar-refractivity contribution in [1.82, 2.24) is 19.6 Å². The minimum atomic E-state index is -1.12. The number of hydrogen-bond donors (Lipinski definition) is 1. The third kappa shape index (κ3) is 4.41. The topological polar surface area (TPSA) is 78.7 Å². The standard InChI is InChI=1S/C26H28N4O3/c1-28(15-18-6-5-9-20(12-18)19-7-3-2-4-8-19)23-13-21-16-29(17-22(21)14-23)26(33)30-11-10-24(27-30)25(31)32/h2-12,21-23H,13-17H2,1H3,(H,31,32)/t21-,22+,23-. The van der Waals surface area contributed by atoms with Crippen molar-refractivity contribution in [3.05, 3.63) is 78.1 Å². The number of nitrogens with zero attached hydrogens (tertiary/aromatic N) is 4. The fourth-order valence-corrected chi connectivity index (χ4v) is 5.37. The highest BCUT2D eigenvalue weighted by Gasteiger charge is 2.43. The molecule has 7 heteroatoms. The van der Waals surface area contributed by atoms with E-state index in [9.17, 15) is 9.59 Å². The van der Waals surface area contributed by atoms with E-state index in [4.69, 9.17) is 5.11 Å². The van der Waals surface area contributed by atoms with Crippen molar-refractivity contribution < 1.29 is 14.7 Å². The summed E-state index contributed by atoms with van der Waals surface area (Å²) in [4.78, 5) is 28.0. The van der Waals surface area contributed by atoms with Gasteiger partial charge in [0.25, 0.3) is 0 Å². The third-order valence-electron chi connectivity index (χ3n) is 7.09. The number of aromatic nitrogens is 2. The van der Waals surface area contributed by atoms with Crippen LogP contribution in [0.2, 0.25) is 0 Å². The minimum Gasteiger partial charge on any atom is -0.476 e. The van der Waals surface area contributed by atoms with Crippen LogP contribution < -0.4 is 0 Å². The lowest BCUT2D eigenvalue weighted by atomic mass is 10.0. The smallest absolute Gasteiger partial charge is 0.356 e. The van der Waals surface area contributed by atoms with Crippen LogP contribution in [0, 0.1) is 11.8 Å². The van der Waals surface area contributed by atoms with Gasteiger partial charge in [0.2, 0.25) is 0 Å². The van der Waals surface area contributed by atoms with E-state index < -0.39 is 5.97 Å². The van der Waals surface area contributed by atoms with Crippen molar-refractivity contribution in [2.75, 3.05) is 20.1 Å². The summed E-state index contributed by atoms with van der Waals surface area (Å²) in [7, 11) is 2.20. The normalized spacial score (nSPS) is 22.0. The first kappa shape index (κ1) is 21.4. The van der Waals surface area contributed by atoms with Crippen molar-refractivity contribution >= 4 is 12.0 Å². The number of fused-ring (bicyclic) bond motifs is 1. The van der Waals surface area contributed by atoms with Gasteiger partial charge < -0.3 is 10.0 Å². The molecule has 3 atom stereocenters. The monoisotopic (exact) mass is 444 g/mol. The molecule has 0 radical (unpaired) electrons. The molecule has 33 heavy (non-hydrogen) atoms. The molecule has 1 N–H and O–H groups in total. The lowest BCUT2D eigenvalue weighted by molar-refractivity contribution is 0.0690. The second-order valence-electron chi connectivity index (χ2n) is 9.27. The van der Waals surface area contributed by atoms with Crippen LogP contribution in [-0.2, 0) is 6.54 Å². The van der Waals surface area contributed by atoms with Crippen LogP contribution in [0.4, 0.5) is 4.79 Å². The summed E-state index contributed by atoms with van der Waals surface area (Å²) in [5, 5.41) is 12.9. The second kappa shape index (κ2) is 8.83. The van der Waals surface area contributed by atoms with Crippen molar-refractivity contribution in [2.24, 2.45) is 11.8 Å². The summed E-state index contributed by atoms with van der Waals surface area (Å²) >= 11 is 0. The third-order valence-corrected chi connectivity index (χ3v) is 7.09. The van der Waals surface area contributed by atoms with E-state index in [0.29, 0.717) is 31.0 Å². The predicted molar refractivity (Wildman–Crippen MR) is 125 cm³/mol. The summed E-state index contributed by atoms with van der Waals surface area (Å²) in [6, 6.07) is 20.8. The SMILES string of the molecule is CN(Cc1cccc(-c2ccccc2)c1)[C@@H]1C[C@@H]2CN(C(=O)n3ccc(C(=O)O)n3)C[C@@H]2C1. The van der Waals surface area contributed by atoms with E-state index in [1.54, 1.807) is 0 Å². The van der Waals surface area contributed by atoms with Gasteiger partial charge in [-0.05, 0) is 60.5 Å². The first-order valence-electron chi connectivity index (χ1n) is 11.4. The highest BCUT2D eigenvalue weighted by molar-refractivity contribution is 5.86. The molecule has 5 rings (SSSR count). The van der Waals surface area contributed by atoms with Crippen LogP contribution in [0.3, 0.4) is 0 Å². The van der Waals surface area contributed by atoms with Crippen molar-refractivity contribution in [3.8, 4) is 11.1 Å². The summed E-state index contributed by atoms with van der Waals surface area (Å²) in [5.41, 5.74) is 3.67. The van der Waals surface area contributed by atoms with Gasteiger partial charge >= 0.3 is 12.0 Å². The lowest BCUT2D eigenvalue weighted by Crippen LogP contribution is -2.36. The molecule has 2 aromatic carbocycles. The summed E-state index contributed by atoms with van der Waals surface area (Å²) in [6.45, 7) is 2.32. The van der Waals surface area contributed by atoms with Crippen LogP contribution in [0.15, 0.2) is 66.9 Å². The van der Waals surface area contributed by atoms with Crippen LogP contribution >= 0.6 is 0 Å². The molecular weight excluding hydrogens is 416 g/mol. The number of amides is 1. The Kier molecular flexibility index (Phi) is 5.72. The van der Waals surface area contributed by atoms with Gasteiger partial charge in [-0.15, -0.1) is 0 Å². The Morgan fingerprint density at radius 3 is 2.36 bits per heavy atom. The molecule has 0 unspecified atom stereocenters. The molecule has 2 aliphatic rings. The average molecular weight is 445 g/mol. The Bertz CT molecular complexity index is 1150. The Hall–Kier alpha value is -3.45. The summed E-state index contributed by atoms with van der Waals surface area (Å²) in [6.07, 6.45) is 3.58. The molecular formula is C26H28N4O3. The Morgan fingerprint density at radius 2 is 1.70 bits per heavy atom. The van der Waals surface area contributed by atoms with Gasteiger partial charge in [0.05, 0.1) is 0 Å². The molecule has 2 heterocycles. The maximum atomic E-state index is 12.7. The highest BCUT2D eigenvalue weighted by Crippen LogP contribution is 2.40. The lowest BCUT2D eigenvalue weighted by Gasteiger charge is -2.26. The van der Waals surface area contributed by atoms with E-state index in [1.165, 1.54) is 29.0 Å². The quantitative estimate of drug-likeness (QED) is 0.642. The number of carboxylic acids is 1. The summed E-state index contributed by atoms with van der Waals surface area (Å²) < 4.78 is 1.15. The number of aromatic carboxylic acids is 1. The van der Waals surface area contributed by atoms with Gasteiger partial charge in [-0.25, -0.2) is 9.59 Å². The minimum absolute atomic E-state index is 0.110. The first-order valence-corrected chi connectivity index (χ1v) is 11.4. The van der Waals surface area contributed by atoms with Crippen molar-refractivity contribution in [3.63, 3.8) is 0 Å². The van der Waals surface area contributed by atoms with Gasteiger partial charge in [0.1, 0.15) is 0 Å². The summed E-state index contributed by atoms with van der Waals surface area (Å²) in [5.74, 6) is -0.168. The first-order chi connectivity index (χ1) is 16.0. The second-order valence-corrected chi connectivity index (χ2v) is 9.27. The number of rotatable bonds is 5. The fraction of sp³-hybridized carbons (Fsp3) is 0.346. The van der Waals surface area contributed by atoms with Crippen LogP contribution in [-0.4, -0.2) is 62.9 Å². The number of carbonyl (C=O) groups is 2. The zero-order chi connectivity index (χ0) is 22.9. The molecule has 1 saturated heterocycles. The van der Waals surface area contributed by atoms with E-state index in [1.807, 2.05) is 11.0 Å². The molecule has 170 valence electrons. The van der Waals surface area contributed by atoms with Crippen LogP contribution in [0.5, 0.6) is 0 Å². The maximum Gasteiger partial charge on any atom is 0.356 e. The molecule has 1 saturated carbocycles. The molecule has 2 fully saturated rings. The zero-order valence-corrected chi connectivity index (χ0v) is 18.7. The van der Waals surface area contributed by atoms with Crippen molar-refractivity contribution in [1.29, 1.82) is 0 Å². The van der Waals surface area contributed by atoms with E-state index >= 15 is 0 Å². The largest absolute Gasteiger partial charge is 0.476 e. The van der Waals surface area contributed by atoms with Gasteiger partial charge in [-0.2, -0.15) is 9.78 Å². The van der Waals surface area contributed by atoms with Gasteiger partial charge in [0, 0.05) is 31.9 Å². The Morgan fingerprint density at radius 1 is 1.00 bits per heavy atom. The number of carboxylic acid groups (broad SMARTS) is 1. The van der Waals surface area contributed by atoms with Crippen LogP contribution in [0.1, 0.15) is 28.9 Å². The number of benzene rings is 2. The molecule has 1 aromatic heterocycles. The van der Waals surface area contributed by atoms with Gasteiger partial charge in [-0.1, -0.05) is 48.5 Å². The van der Waals surface area contributed by atoms with Gasteiger partial charge in [0.15, 0.2) is 5.69 Å². The molecule has 1 aliphatic carbocycles. The average Bonchev–Trinajstić information content (AvgIpc) is 3.54. The van der Waals surface area contributed by atoms with Crippen LogP contribution in [0.25, 0.3) is 11.1 Å². The number of hydrogen-bond acceptors (Lipinski definition) is 4. The molecule has 3 aromatic rings. The van der Waals surface area contributed by atoms with Crippen molar-refractivity contribution in [2.45, 2.75) is 25.4 Å². The number of carbonyl (C=O) groups excluding carboxylic acids is 1. The fourth-order valence-electron chi connectivity index (χ4n) is 5.37. The van der Waals surface area contributed by atoms with Gasteiger partial charge in [-0.3, -0.25) is 4.90 Å². The molecule has 0 bridgehead atoms. The predicted octanol–water partition coefficient (Wildman–Crippen LogP) is 4.06. The molecule has 7 nitrogen and oxygen atoms in total. The van der Waals surface area contributed by atoms with E-state index in [0.717, 1.165) is 24.1 Å². The molecule has 1 amide bonds. The van der Waals surface area contributed by atoms with E-state index in [-0.39, 0.29) is 11.7 Å². The molecule has 0 spiro atoms. The zero-order valence-electron chi connectivity index (χ0n) is 18.7. The molecule has 1 aliphatic heterocycles. The van der Waals surface area contributed by atoms with E-state index in [2.05, 4.69) is 65.6 Å². The maximum absolute atomic E-state index is 12.7.